The summed E-state index contributed by atoms with van der Waals surface area (Å²) in [5, 5.41) is 18.2. The fourth-order valence-electron chi connectivity index (χ4n) is 8.65. The number of aromatic nitrogens is 8. The minimum Gasteiger partial charge on any atom is -0.494 e. The third-order valence-electron chi connectivity index (χ3n) is 11.8. The van der Waals surface area contributed by atoms with Crippen molar-refractivity contribution in [3.8, 4) is 5.75 Å². The van der Waals surface area contributed by atoms with Gasteiger partial charge in [-0.25, -0.2) is 9.97 Å². The normalized spacial score (nSPS) is 14.8. The Kier molecular flexibility index (Phi) is 11.9. The van der Waals surface area contributed by atoms with E-state index in [0.29, 0.717) is 70.2 Å². The topological polar surface area (TPSA) is 275 Å². The van der Waals surface area contributed by atoms with Gasteiger partial charge in [-0.2, -0.15) is 10.2 Å². The molecule has 8 rings (SSSR count). The number of allylic oxidation sites excluding steroid dienone is 2. The van der Waals surface area contributed by atoms with Gasteiger partial charge in [0.2, 0.25) is 23.7 Å². The van der Waals surface area contributed by atoms with Gasteiger partial charge >= 0.3 is 0 Å². The van der Waals surface area contributed by atoms with E-state index in [9.17, 15) is 19.2 Å². The van der Waals surface area contributed by atoms with E-state index in [0.717, 1.165) is 39.3 Å². The third kappa shape index (κ3) is 8.21. The number of aryl methyl sites for hydroxylation is 4. The van der Waals surface area contributed by atoms with Gasteiger partial charge in [0.15, 0.2) is 0 Å². The van der Waals surface area contributed by atoms with Crippen molar-refractivity contribution >= 4 is 69.0 Å². The molecule has 9 N–H and O–H groups in total. The summed E-state index contributed by atoms with van der Waals surface area (Å²) >= 11 is 0. The number of likely N-dealkylation sites (tertiary alicyclic amines) is 1. The second kappa shape index (κ2) is 17.5. The van der Waals surface area contributed by atoms with Crippen LogP contribution in [0.25, 0.3) is 22.1 Å². The number of imidazole rings is 2. The quantitative estimate of drug-likeness (QED) is 0.0720. The fourth-order valence-corrected chi connectivity index (χ4v) is 8.65. The Hall–Kier alpha value is -7.26. The summed E-state index contributed by atoms with van der Waals surface area (Å²) in [6.45, 7) is 13.4. The summed E-state index contributed by atoms with van der Waals surface area (Å²) in [6, 6.07) is 8.06. The van der Waals surface area contributed by atoms with Gasteiger partial charge in [-0.1, -0.05) is 12.2 Å². The van der Waals surface area contributed by atoms with Crippen LogP contribution in [0.15, 0.2) is 42.5 Å². The minimum atomic E-state index is -0.676. The number of nitrogens with one attached hydrogen (secondary N) is 3. The molecule has 0 saturated carbocycles. The van der Waals surface area contributed by atoms with Crippen LogP contribution in [-0.4, -0.2) is 114 Å². The number of nitrogens with two attached hydrogens (primary N) is 3. The molecule has 0 atom stereocenters. The third-order valence-corrected chi connectivity index (χ3v) is 11.8. The first kappa shape index (κ1) is 43.4. The van der Waals surface area contributed by atoms with Crippen LogP contribution < -0.4 is 37.9 Å². The molecule has 64 heavy (non-hydrogen) atoms. The summed E-state index contributed by atoms with van der Waals surface area (Å²) in [5.41, 5.74) is 23.0. The lowest BCUT2D eigenvalue weighted by Gasteiger charge is -2.47. The van der Waals surface area contributed by atoms with Crippen molar-refractivity contribution < 1.29 is 28.7 Å². The van der Waals surface area contributed by atoms with Gasteiger partial charge in [0.1, 0.15) is 22.7 Å². The van der Waals surface area contributed by atoms with E-state index >= 15 is 0 Å². The van der Waals surface area contributed by atoms with E-state index in [1.807, 2.05) is 37.5 Å². The van der Waals surface area contributed by atoms with Gasteiger partial charge in [-0.15, -0.1) is 0 Å². The molecule has 336 valence electrons. The largest absolute Gasteiger partial charge is 0.494 e. The summed E-state index contributed by atoms with van der Waals surface area (Å²) in [5.74, 6) is -1.56. The summed E-state index contributed by atoms with van der Waals surface area (Å²) < 4.78 is 18.1. The molecule has 6 heterocycles. The Labute approximate surface area is 367 Å². The smallest absolute Gasteiger partial charge is 0.278 e. The molecule has 2 fully saturated rings. The first-order chi connectivity index (χ1) is 30.7. The molecule has 6 aromatic rings. The Morgan fingerprint density at radius 2 is 1.47 bits per heavy atom. The highest BCUT2D eigenvalue weighted by Gasteiger charge is 2.45. The van der Waals surface area contributed by atoms with Crippen LogP contribution in [0.4, 0.5) is 23.3 Å². The predicted octanol–water partition coefficient (Wildman–Crippen LogP) is 3.12. The number of ether oxygens (including phenoxy) is 2. The number of methoxy groups -OCH3 is 1. The second-order valence-corrected chi connectivity index (χ2v) is 16.2. The standard InChI is InChI=1S/C43H53N15O6/c1-6-57-31(16-24(3)52-57)39(61)50-41-48-29-18-26(37(45)59)17-28(47-11-14-54-21-43(22-54)10-15-64-23-43)34(29)55(41)12-8-9-13-56-35-30(19-27(38(46)60)20-32(35)63-5)49-42(56)51-40(62)36-33(44)25(4)53-58(36)7-2/h8-9,16-20,47H,6-7,10-15,21-23,44H2,1-5H3,(H2,45,59)(H2,46,60)(H,48,50,61)(H,49,51,62)/b9-8+. The van der Waals surface area contributed by atoms with Gasteiger partial charge in [0.25, 0.3) is 11.8 Å². The lowest BCUT2D eigenvalue weighted by atomic mass is 9.79. The number of hydrogen-bond acceptors (Lipinski definition) is 13. The number of hydrogen-bond donors (Lipinski definition) is 6. The number of benzene rings is 2. The molecule has 1 spiro atoms. The van der Waals surface area contributed by atoms with Crippen LogP contribution in [0, 0.1) is 19.3 Å². The SMILES string of the molecule is CCn1nc(C)cc1C(=O)Nc1nc2cc(C(N)=O)cc(NCCN3CC4(CCOC4)C3)c2n1C/C=C/Cn1c(NC(=O)c2c(N)c(C)nn2CC)nc2cc(C(N)=O)cc(OC)c21. The number of anilines is 4. The van der Waals surface area contributed by atoms with Crippen molar-refractivity contribution in [2.45, 2.75) is 60.3 Å². The molecule has 4 amide bonds. The molecule has 0 radical (unpaired) electrons. The highest BCUT2D eigenvalue weighted by molar-refractivity contribution is 6.08. The first-order valence-electron chi connectivity index (χ1n) is 21.1. The van der Waals surface area contributed by atoms with Crippen molar-refractivity contribution in [2.75, 3.05) is 68.2 Å². The Morgan fingerprint density at radius 3 is 2.08 bits per heavy atom. The van der Waals surface area contributed by atoms with E-state index in [1.54, 1.807) is 34.4 Å². The zero-order valence-electron chi connectivity index (χ0n) is 36.5. The molecule has 0 unspecified atom stereocenters. The minimum absolute atomic E-state index is 0.147. The molecule has 2 aromatic carbocycles. The van der Waals surface area contributed by atoms with E-state index < -0.39 is 23.6 Å². The Bertz CT molecular complexity index is 2830. The average molecular weight is 876 g/mol. The molecule has 2 aliphatic rings. The van der Waals surface area contributed by atoms with Crippen LogP contribution in [0.5, 0.6) is 5.75 Å². The van der Waals surface area contributed by atoms with E-state index in [4.69, 9.17) is 36.6 Å². The number of carbonyl (C=O) groups excluding carboxylic acids is 4. The number of primary amides is 2. The van der Waals surface area contributed by atoms with Crippen molar-refractivity contribution in [1.82, 2.24) is 43.6 Å². The first-order valence-corrected chi connectivity index (χ1v) is 21.1. The maximum atomic E-state index is 13.9. The van der Waals surface area contributed by atoms with Crippen molar-refractivity contribution in [1.29, 1.82) is 0 Å². The van der Waals surface area contributed by atoms with Gasteiger partial charge in [-0.3, -0.25) is 39.2 Å². The monoisotopic (exact) mass is 875 g/mol. The number of fused-ring (bicyclic) bond motifs is 2. The second-order valence-electron chi connectivity index (χ2n) is 16.2. The number of amides is 4. The molecule has 21 heteroatoms. The van der Waals surface area contributed by atoms with Crippen LogP contribution >= 0.6 is 0 Å². The maximum absolute atomic E-state index is 13.9. The molecule has 0 bridgehead atoms. The molecule has 2 aliphatic heterocycles. The van der Waals surface area contributed by atoms with Gasteiger partial charge in [0, 0.05) is 75.5 Å². The summed E-state index contributed by atoms with van der Waals surface area (Å²) in [4.78, 5) is 64.5. The molecule has 2 saturated heterocycles. The molecule has 21 nitrogen and oxygen atoms in total. The molecule has 4 aromatic heterocycles. The van der Waals surface area contributed by atoms with Crippen LogP contribution in [-0.2, 0) is 30.9 Å². The number of carbonyl (C=O) groups is 4. The van der Waals surface area contributed by atoms with Crippen LogP contribution in [0.1, 0.15) is 73.3 Å². The number of nitrogens with zero attached hydrogens (tertiary/aromatic N) is 9. The van der Waals surface area contributed by atoms with Gasteiger partial charge in [0.05, 0.1) is 53.0 Å². The van der Waals surface area contributed by atoms with Gasteiger partial charge < -0.3 is 46.0 Å². The van der Waals surface area contributed by atoms with Crippen molar-refractivity contribution in [3.05, 3.63) is 76.4 Å². The molecular formula is C43H53N15O6. The lowest BCUT2D eigenvalue weighted by Crippen LogP contribution is -2.57. The molecular weight excluding hydrogens is 823 g/mol. The van der Waals surface area contributed by atoms with Crippen molar-refractivity contribution in [2.24, 2.45) is 16.9 Å². The van der Waals surface area contributed by atoms with E-state index in [-0.39, 0.29) is 52.9 Å². The lowest BCUT2D eigenvalue weighted by molar-refractivity contribution is -0.00366. The van der Waals surface area contributed by atoms with Crippen LogP contribution in [0.2, 0.25) is 0 Å². The fraction of sp³-hybridized carbons (Fsp3) is 0.395. The number of rotatable bonds is 17. The Morgan fingerprint density at radius 1 is 0.844 bits per heavy atom. The highest BCUT2D eigenvalue weighted by Crippen LogP contribution is 2.38. The highest BCUT2D eigenvalue weighted by atomic mass is 16.5. The summed E-state index contributed by atoms with van der Waals surface area (Å²) in [6.07, 6.45) is 4.80. The van der Waals surface area contributed by atoms with Crippen LogP contribution in [0.3, 0.4) is 0 Å². The average Bonchev–Trinajstić information content (AvgIpc) is 4.09. The predicted molar refractivity (Wildman–Crippen MR) is 241 cm³/mol. The van der Waals surface area contributed by atoms with Gasteiger partial charge in [-0.05, 0) is 64.4 Å². The maximum Gasteiger partial charge on any atom is 0.278 e. The number of nitrogen functional groups attached to an aromatic ring is 1. The van der Waals surface area contributed by atoms with E-state index in [2.05, 4.69) is 31.0 Å². The zero-order valence-corrected chi connectivity index (χ0v) is 36.5. The Balaban J connectivity index is 1.15. The molecule has 0 aliphatic carbocycles. The van der Waals surface area contributed by atoms with Crippen molar-refractivity contribution in [3.63, 3.8) is 0 Å². The zero-order chi connectivity index (χ0) is 45.4. The summed E-state index contributed by atoms with van der Waals surface area (Å²) in [7, 11) is 1.46. The van der Waals surface area contributed by atoms with E-state index in [1.165, 1.54) is 23.9 Å².